The molecule has 1 fully saturated rings. The Balaban J connectivity index is 1.91. The Bertz CT molecular complexity index is 1500. The summed E-state index contributed by atoms with van der Waals surface area (Å²) in [5.41, 5.74) is 3.27. The maximum absolute atomic E-state index is 14.7. The molecule has 1 aliphatic heterocycles. The molecule has 1 amide bonds. The van der Waals surface area contributed by atoms with E-state index in [1.807, 2.05) is 92.4 Å². The van der Waals surface area contributed by atoms with Crippen molar-refractivity contribution in [1.82, 2.24) is 9.88 Å². The Kier molecular flexibility index (Phi) is 8.12. The van der Waals surface area contributed by atoms with Gasteiger partial charge in [0.1, 0.15) is 5.37 Å². The van der Waals surface area contributed by atoms with Crippen molar-refractivity contribution in [3.8, 4) is 5.88 Å². The van der Waals surface area contributed by atoms with Crippen molar-refractivity contribution in [2.24, 2.45) is 0 Å². The van der Waals surface area contributed by atoms with Crippen LogP contribution in [0.5, 0.6) is 5.88 Å². The summed E-state index contributed by atoms with van der Waals surface area (Å²) in [4.78, 5) is 35.0. The quantitative estimate of drug-likeness (QED) is 0.0964. The predicted octanol–water partition coefficient (Wildman–Crippen LogP) is 6.92. The van der Waals surface area contributed by atoms with Crippen LogP contribution in [0.1, 0.15) is 43.0 Å². The number of benzene rings is 3. The molecule has 3 unspecified atom stereocenters. The number of hydrogen-bond acceptors (Lipinski definition) is 4. The van der Waals surface area contributed by atoms with Gasteiger partial charge in [-0.05, 0) is 43.0 Å². The first-order chi connectivity index (χ1) is 20.1. The van der Waals surface area contributed by atoms with Crippen LogP contribution in [0.4, 0.5) is 0 Å². The number of methoxy groups -OCH3 is 1. The molecule has 2 heterocycles. The number of aromatic nitrogens is 1. The van der Waals surface area contributed by atoms with Crippen LogP contribution in [-0.4, -0.2) is 47.8 Å². The topological polar surface area (TPSA) is 59.5 Å². The van der Waals surface area contributed by atoms with Crippen LogP contribution >= 0.6 is 10.5 Å². The molecule has 1 radical (unpaired) electrons. The van der Waals surface area contributed by atoms with Crippen molar-refractivity contribution in [3.63, 3.8) is 0 Å². The second kappa shape index (κ2) is 11.5. The van der Waals surface area contributed by atoms with Gasteiger partial charge in [-0.25, -0.2) is 9.78 Å². The normalized spacial score (nSPS) is 19.6. The van der Waals surface area contributed by atoms with Gasteiger partial charge in [0, 0.05) is 17.8 Å². The molecular formula is C35H37N2O3SSi. The molecule has 0 spiro atoms. The van der Waals surface area contributed by atoms with E-state index in [2.05, 4.69) is 59.7 Å². The van der Waals surface area contributed by atoms with E-state index < -0.39 is 40.0 Å². The van der Waals surface area contributed by atoms with Gasteiger partial charge in [0.25, 0.3) is 0 Å². The molecule has 5 rings (SSSR count). The number of carbonyl (C=O) groups excluding carboxylic acids is 2. The third kappa shape index (κ3) is 4.48. The van der Waals surface area contributed by atoms with Crippen LogP contribution in [0.2, 0.25) is 13.1 Å². The molecule has 0 saturated carbocycles. The minimum absolute atomic E-state index is 0.0432. The largest absolute Gasteiger partial charge is 0.481 e. The van der Waals surface area contributed by atoms with Crippen molar-refractivity contribution in [1.29, 1.82) is 0 Å². The van der Waals surface area contributed by atoms with Crippen molar-refractivity contribution < 1.29 is 14.3 Å². The monoisotopic (exact) mass is 593 g/mol. The zero-order valence-corrected chi connectivity index (χ0v) is 26.8. The van der Waals surface area contributed by atoms with E-state index >= 15 is 0 Å². The highest BCUT2D eigenvalue weighted by Gasteiger charge is 2.69. The van der Waals surface area contributed by atoms with E-state index in [-0.39, 0.29) is 5.91 Å². The predicted molar refractivity (Wildman–Crippen MR) is 173 cm³/mol. The van der Waals surface area contributed by atoms with E-state index in [0.717, 1.165) is 22.3 Å². The van der Waals surface area contributed by atoms with E-state index in [0.29, 0.717) is 5.88 Å². The number of carbonyl (C=O) groups is 1. The fourth-order valence-electron chi connectivity index (χ4n) is 6.39. The van der Waals surface area contributed by atoms with Gasteiger partial charge < -0.3 is 9.64 Å². The number of ether oxygens (including phenoxy) is 1. The Morgan fingerprint density at radius 3 is 1.64 bits per heavy atom. The van der Waals surface area contributed by atoms with E-state index in [1.54, 1.807) is 13.3 Å². The van der Waals surface area contributed by atoms with Gasteiger partial charge in [-0.3, -0.25) is 4.79 Å². The SMILES string of the molecule is COc1ccc(C2([Si](C)C)C(=O)N(C(C)(C)C)C2S(=C=O)C(c2ccccc2)(c2ccccc2)c2ccccc2)cn1. The Morgan fingerprint density at radius 2 is 1.31 bits per heavy atom. The molecule has 42 heavy (non-hydrogen) atoms. The summed E-state index contributed by atoms with van der Waals surface area (Å²) in [6.07, 6.45) is 1.77. The number of amides is 1. The fourth-order valence-corrected chi connectivity index (χ4v) is 12.3. The van der Waals surface area contributed by atoms with Gasteiger partial charge in [-0.2, -0.15) is 0 Å². The highest BCUT2D eigenvalue weighted by atomic mass is 32.2. The molecule has 1 aromatic heterocycles. The van der Waals surface area contributed by atoms with Gasteiger partial charge in [0.2, 0.25) is 11.8 Å². The molecule has 0 aliphatic carbocycles. The number of rotatable bonds is 8. The van der Waals surface area contributed by atoms with Gasteiger partial charge >= 0.3 is 0 Å². The fraction of sp³-hybridized carbons (Fsp3) is 0.286. The number of pyridine rings is 1. The Morgan fingerprint density at radius 1 is 0.833 bits per heavy atom. The average Bonchev–Trinajstić information content (AvgIpc) is 3.00. The second-order valence-electron chi connectivity index (χ2n) is 11.8. The lowest BCUT2D eigenvalue weighted by Crippen LogP contribution is -2.79. The summed E-state index contributed by atoms with van der Waals surface area (Å²) in [6.45, 7) is 10.5. The molecule has 215 valence electrons. The lowest BCUT2D eigenvalue weighted by Gasteiger charge is -2.64. The van der Waals surface area contributed by atoms with Crippen LogP contribution in [-0.2, 0) is 19.4 Å². The molecule has 3 aromatic carbocycles. The molecule has 4 aromatic rings. The summed E-state index contributed by atoms with van der Waals surface area (Å²) in [5.74, 6) is 0.528. The molecule has 0 bridgehead atoms. The van der Waals surface area contributed by atoms with Gasteiger partial charge in [-0.15, -0.1) is 0 Å². The van der Waals surface area contributed by atoms with Crippen LogP contribution in [0.25, 0.3) is 0 Å². The third-order valence-electron chi connectivity index (χ3n) is 8.26. The Hall–Kier alpha value is -3.77. The summed E-state index contributed by atoms with van der Waals surface area (Å²) in [6, 6.07) is 34.4. The third-order valence-corrected chi connectivity index (χ3v) is 13.4. The lowest BCUT2D eigenvalue weighted by atomic mass is 9.83. The Labute approximate surface area is 253 Å². The van der Waals surface area contributed by atoms with Crippen LogP contribution < -0.4 is 4.74 Å². The smallest absolute Gasteiger partial charge is 0.234 e. The second-order valence-corrected chi connectivity index (χ2v) is 16.5. The molecule has 3 atom stereocenters. The van der Waals surface area contributed by atoms with Gasteiger partial charge in [0.05, 0.1) is 25.7 Å². The summed E-state index contributed by atoms with van der Waals surface area (Å²) >= 11 is 0. The molecule has 1 aliphatic rings. The van der Waals surface area contributed by atoms with Crippen molar-refractivity contribution in [3.05, 3.63) is 132 Å². The minimum Gasteiger partial charge on any atom is -0.481 e. The van der Waals surface area contributed by atoms with E-state index in [4.69, 9.17) is 4.74 Å². The number of nitrogens with zero attached hydrogens (tertiary/aromatic N) is 2. The number of likely N-dealkylation sites (tertiary alicyclic amines) is 1. The molecular weight excluding hydrogens is 557 g/mol. The zero-order valence-electron chi connectivity index (χ0n) is 25.0. The first-order valence-corrected chi connectivity index (χ1v) is 17.9. The first kappa shape index (κ1) is 29.7. The van der Waals surface area contributed by atoms with Crippen molar-refractivity contribution >= 4 is 30.4 Å². The maximum atomic E-state index is 14.7. The molecule has 7 heteroatoms. The highest BCUT2D eigenvalue weighted by molar-refractivity contribution is 8.16. The van der Waals surface area contributed by atoms with Crippen molar-refractivity contribution in [2.45, 2.75) is 54.6 Å². The standard InChI is InChI=1S/C35H37N2O3SSi/c1-33(2,3)37-31(39)35(42(5)6,29-22-23-30(40-4)36-24-29)32(37)41(25-38)34(26-16-10-7-11-17-26,27-18-12-8-13-19-27)28-20-14-9-15-21-28/h7-24,32H,1-6H3. The minimum atomic E-state index is -1.40. The zero-order chi connectivity index (χ0) is 30.1. The number of β-lactam (4-membered cyclic amide) rings is 1. The first-order valence-electron chi connectivity index (χ1n) is 14.1. The summed E-state index contributed by atoms with van der Waals surface area (Å²) in [5, 5.41) is 1.26. The van der Waals surface area contributed by atoms with Gasteiger partial charge in [0.15, 0.2) is 5.23 Å². The molecule has 1 saturated heterocycles. The van der Waals surface area contributed by atoms with E-state index in [1.165, 1.54) is 0 Å². The van der Waals surface area contributed by atoms with Crippen molar-refractivity contribution in [2.75, 3.05) is 7.11 Å². The molecule has 0 N–H and O–H groups in total. The van der Waals surface area contributed by atoms with Crippen LogP contribution in [0, 0.1) is 0 Å². The van der Waals surface area contributed by atoms with Crippen LogP contribution in [0.15, 0.2) is 109 Å². The van der Waals surface area contributed by atoms with Gasteiger partial charge in [-0.1, -0.05) is 121 Å². The lowest BCUT2D eigenvalue weighted by molar-refractivity contribution is -0.156. The summed E-state index contributed by atoms with van der Waals surface area (Å²) < 4.78 is 4.46. The average molecular weight is 594 g/mol. The number of hydrogen-bond donors (Lipinski definition) is 0. The summed E-state index contributed by atoms with van der Waals surface area (Å²) in [7, 11) is -0.985. The highest BCUT2D eigenvalue weighted by Crippen LogP contribution is 2.63. The maximum Gasteiger partial charge on any atom is 0.234 e. The van der Waals surface area contributed by atoms with E-state index in [9.17, 15) is 9.59 Å². The molecule has 5 nitrogen and oxygen atoms in total. The van der Waals surface area contributed by atoms with Crippen LogP contribution in [0.3, 0.4) is 0 Å².